The number of nitrogens with one attached hydrogen (secondary N) is 1. The highest BCUT2D eigenvalue weighted by Crippen LogP contribution is 2.10. The molecule has 0 fully saturated rings. The Morgan fingerprint density at radius 2 is 1.93 bits per heavy atom. The van der Waals surface area contributed by atoms with E-state index in [1.165, 1.54) is 0 Å². The summed E-state index contributed by atoms with van der Waals surface area (Å²) in [5.74, 6) is 1.03. The van der Waals surface area contributed by atoms with Gasteiger partial charge in [0.15, 0.2) is 0 Å². The van der Waals surface area contributed by atoms with Crippen LogP contribution in [-0.2, 0) is 6.42 Å². The number of halogens is 2. The second-order valence-electron chi connectivity index (χ2n) is 3.09. The van der Waals surface area contributed by atoms with Crippen molar-refractivity contribution in [1.29, 1.82) is 0 Å². The van der Waals surface area contributed by atoms with Gasteiger partial charge in [0, 0.05) is 6.42 Å². The van der Waals surface area contributed by atoms with Crippen LogP contribution in [0, 0.1) is 0 Å². The van der Waals surface area contributed by atoms with Gasteiger partial charge in [0.2, 0.25) is 0 Å². The molecule has 0 saturated heterocycles. The molecule has 1 aromatic carbocycles. The highest BCUT2D eigenvalue weighted by Gasteiger charge is 1.99. The molecule has 5 heteroatoms. The Balaban J connectivity index is 0.000000980. The maximum atomic E-state index is 5.43. The maximum Gasteiger partial charge on any atom is 0.107 e. The maximum absolute atomic E-state index is 5.43. The second-order valence-corrected chi connectivity index (χ2v) is 3.09. The number of aryl methyl sites for hydroxylation is 1. The van der Waals surface area contributed by atoms with E-state index in [2.05, 4.69) is 9.97 Å². The zero-order chi connectivity index (χ0) is 9.10. The first-order valence-electron chi connectivity index (χ1n) is 4.54. The van der Waals surface area contributed by atoms with Crippen LogP contribution < -0.4 is 30.5 Å². The Bertz CT molecular complexity index is 367. The van der Waals surface area contributed by atoms with E-state index < -0.39 is 0 Å². The Labute approximate surface area is 101 Å². The first kappa shape index (κ1) is 14.2. The van der Waals surface area contributed by atoms with E-state index in [4.69, 9.17) is 5.73 Å². The molecule has 2 aromatic rings. The van der Waals surface area contributed by atoms with E-state index in [0.29, 0.717) is 0 Å². The Morgan fingerprint density at radius 3 is 2.60 bits per heavy atom. The fraction of sp³-hybridized carbons (Fsp3) is 0.300. The predicted octanol–water partition coefficient (Wildman–Crippen LogP) is -4.54. The van der Waals surface area contributed by atoms with Crippen molar-refractivity contribution in [2.45, 2.75) is 12.8 Å². The van der Waals surface area contributed by atoms with Gasteiger partial charge in [-0.25, -0.2) is 4.98 Å². The number of hydrogen-bond acceptors (Lipinski definition) is 2. The molecule has 3 nitrogen and oxygen atoms in total. The number of fused-ring (bicyclic) bond motifs is 1. The lowest BCUT2D eigenvalue weighted by Gasteiger charge is -1.91. The topological polar surface area (TPSA) is 54.7 Å². The van der Waals surface area contributed by atoms with E-state index >= 15 is 0 Å². The first-order valence-corrected chi connectivity index (χ1v) is 4.54. The number of para-hydroxylation sites is 2. The summed E-state index contributed by atoms with van der Waals surface area (Å²) < 4.78 is 0. The molecular weight excluding hydrogens is 233 g/mol. The summed E-state index contributed by atoms with van der Waals surface area (Å²) in [6, 6.07) is 8.05. The van der Waals surface area contributed by atoms with Gasteiger partial charge < -0.3 is 35.5 Å². The fourth-order valence-electron chi connectivity index (χ4n) is 1.39. The molecule has 0 aliphatic carbocycles. The summed E-state index contributed by atoms with van der Waals surface area (Å²) in [6.07, 6.45) is 1.92. The lowest BCUT2D eigenvalue weighted by atomic mass is 10.3. The van der Waals surface area contributed by atoms with Crippen molar-refractivity contribution in [1.82, 2.24) is 9.97 Å². The molecule has 0 amide bonds. The van der Waals surface area contributed by atoms with E-state index in [0.717, 1.165) is 36.2 Å². The molecule has 0 saturated carbocycles. The fourth-order valence-corrected chi connectivity index (χ4v) is 1.39. The van der Waals surface area contributed by atoms with Gasteiger partial charge in [-0.1, -0.05) is 12.1 Å². The van der Waals surface area contributed by atoms with Crippen LogP contribution in [0.3, 0.4) is 0 Å². The second kappa shape index (κ2) is 6.67. The zero-order valence-electron chi connectivity index (χ0n) is 8.21. The minimum atomic E-state index is 0. The lowest BCUT2D eigenvalue weighted by molar-refractivity contribution is -0.001000. The number of nitrogens with zero attached hydrogens (tertiary/aromatic N) is 1. The van der Waals surface area contributed by atoms with Crippen LogP contribution in [0.2, 0.25) is 0 Å². The number of hydrogen-bond donors (Lipinski definition) is 2. The molecule has 1 aromatic heterocycles. The molecule has 3 N–H and O–H groups in total. The Morgan fingerprint density at radius 1 is 1.20 bits per heavy atom. The number of rotatable bonds is 3. The predicted molar refractivity (Wildman–Crippen MR) is 53.5 cm³/mol. The van der Waals surface area contributed by atoms with Gasteiger partial charge in [-0.3, -0.25) is 0 Å². The highest BCUT2D eigenvalue weighted by atomic mass is 35.5. The number of H-pyrrole nitrogens is 1. The normalized spacial score (nSPS) is 9.40. The van der Waals surface area contributed by atoms with Crippen molar-refractivity contribution in [3.63, 3.8) is 0 Å². The molecule has 2 rings (SSSR count). The smallest absolute Gasteiger partial charge is 0.107 e. The number of benzene rings is 1. The van der Waals surface area contributed by atoms with E-state index in [-0.39, 0.29) is 24.8 Å². The van der Waals surface area contributed by atoms with Gasteiger partial charge in [-0.15, -0.1) is 0 Å². The molecule has 0 unspecified atom stereocenters. The molecule has 0 bridgehead atoms. The average molecular weight is 246 g/mol. The minimum Gasteiger partial charge on any atom is -1.00 e. The lowest BCUT2D eigenvalue weighted by Crippen LogP contribution is -3.00. The molecule has 84 valence electrons. The summed E-state index contributed by atoms with van der Waals surface area (Å²) in [6.45, 7) is 0.719. The number of aromatic amines is 1. The van der Waals surface area contributed by atoms with Gasteiger partial charge in [-0.05, 0) is 25.1 Å². The van der Waals surface area contributed by atoms with E-state index in [1.807, 2.05) is 24.3 Å². The van der Waals surface area contributed by atoms with Gasteiger partial charge in [0.1, 0.15) is 5.82 Å². The van der Waals surface area contributed by atoms with Crippen LogP contribution in [0.5, 0.6) is 0 Å². The first-order chi connectivity index (χ1) is 6.40. The van der Waals surface area contributed by atoms with Crippen molar-refractivity contribution in [2.75, 3.05) is 6.54 Å². The van der Waals surface area contributed by atoms with E-state index in [1.54, 1.807) is 0 Å². The zero-order valence-corrected chi connectivity index (χ0v) is 9.72. The molecule has 0 radical (unpaired) electrons. The summed E-state index contributed by atoms with van der Waals surface area (Å²) in [7, 11) is 0. The van der Waals surface area contributed by atoms with Crippen LogP contribution in [0.25, 0.3) is 11.0 Å². The van der Waals surface area contributed by atoms with Crippen LogP contribution >= 0.6 is 0 Å². The van der Waals surface area contributed by atoms with Crippen LogP contribution in [0.4, 0.5) is 0 Å². The Kier molecular flexibility index (Phi) is 6.32. The monoisotopic (exact) mass is 245 g/mol. The third-order valence-electron chi connectivity index (χ3n) is 2.06. The van der Waals surface area contributed by atoms with Crippen molar-refractivity contribution >= 4 is 11.0 Å². The van der Waals surface area contributed by atoms with Crippen molar-refractivity contribution in [2.24, 2.45) is 5.73 Å². The number of nitrogens with two attached hydrogens (primary N) is 1. The van der Waals surface area contributed by atoms with Crippen LogP contribution in [0.15, 0.2) is 24.3 Å². The van der Waals surface area contributed by atoms with Crippen LogP contribution in [-0.4, -0.2) is 16.5 Å². The summed E-state index contributed by atoms with van der Waals surface area (Å²) in [5.41, 5.74) is 7.57. The van der Waals surface area contributed by atoms with Crippen molar-refractivity contribution in [3.05, 3.63) is 30.1 Å². The molecule has 0 atom stereocenters. The molecule has 0 spiro atoms. The Hall–Kier alpha value is -0.770. The minimum absolute atomic E-state index is 0. The van der Waals surface area contributed by atoms with Crippen LogP contribution in [0.1, 0.15) is 12.2 Å². The summed E-state index contributed by atoms with van der Waals surface area (Å²) in [5, 5.41) is 0. The van der Waals surface area contributed by atoms with Gasteiger partial charge in [-0.2, -0.15) is 0 Å². The number of imidazole rings is 1. The molecule has 0 aliphatic heterocycles. The van der Waals surface area contributed by atoms with Gasteiger partial charge in [0.05, 0.1) is 11.0 Å². The summed E-state index contributed by atoms with van der Waals surface area (Å²) in [4.78, 5) is 7.70. The SMILES string of the molecule is NCCCc1nc2ccccc2[nH]1.[Cl-].[Cl-]. The van der Waals surface area contributed by atoms with E-state index in [9.17, 15) is 0 Å². The highest BCUT2D eigenvalue weighted by molar-refractivity contribution is 5.74. The van der Waals surface area contributed by atoms with Gasteiger partial charge in [0.25, 0.3) is 0 Å². The largest absolute Gasteiger partial charge is 1.00 e. The molecule has 15 heavy (non-hydrogen) atoms. The van der Waals surface area contributed by atoms with Crippen molar-refractivity contribution in [3.8, 4) is 0 Å². The average Bonchev–Trinajstić information content (AvgIpc) is 2.57. The molecular formula is C10H13Cl2N3-2. The molecule has 0 aliphatic rings. The summed E-state index contributed by atoms with van der Waals surface area (Å²) >= 11 is 0. The quantitative estimate of drug-likeness (QED) is 0.573. The number of aromatic nitrogens is 2. The third kappa shape index (κ3) is 3.38. The van der Waals surface area contributed by atoms with Gasteiger partial charge >= 0.3 is 0 Å². The standard InChI is InChI=1S/C10H13N3.2ClH/c11-7-3-6-10-12-8-4-1-2-5-9(8)13-10;;/h1-2,4-5H,3,6-7,11H2,(H,12,13);2*1H/p-2. The third-order valence-corrected chi connectivity index (χ3v) is 2.06. The molecule has 1 heterocycles. The van der Waals surface area contributed by atoms with Crippen molar-refractivity contribution < 1.29 is 24.8 Å².